The number of amides is 2. The van der Waals surface area contributed by atoms with Crippen LogP contribution in [0, 0.1) is 3.57 Å². The van der Waals surface area contributed by atoms with Crippen LogP contribution in [0.1, 0.15) is 43.7 Å². The van der Waals surface area contributed by atoms with Crippen molar-refractivity contribution in [2.24, 2.45) is 0 Å². The first-order valence-corrected chi connectivity index (χ1v) is 16.0. The van der Waals surface area contributed by atoms with Crippen molar-refractivity contribution in [1.82, 2.24) is 0 Å². The molecule has 2 atom stereocenters. The van der Waals surface area contributed by atoms with Crippen molar-refractivity contribution < 1.29 is 19.8 Å². The lowest BCUT2D eigenvalue weighted by atomic mass is 9.95. The van der Waals surface area contributed by atoms with E-state index < -0.39 is 0 Å². The van der Waals surface area contributed by atoms with Crippen molar-refractivity contribution in [3.8, 4) is 11.5 Å². The van der Waals surface area contributed by atoms with Crippen LogP contribution < -0.4 is 9.80 Å². The highest BCUT2D eigenvalue weighted by molar-refractivity contribution is 14.1. The van der Waals surface area contributed by atoms with Crippen LogP contribution in [0.25, 0.3) is 21.5 Å². The highest BCUT2D eigenvalue weighted by Gasteiger charge is 2.37. The molecular formula is C34H25Cl2IN2O4. The fraction of sp³-hybridized carbons (Fsp3) is 0.176. The maximum absolute atomic E-state index is 14.1. The summed E-state index contributed by atoms with van der Waals surface area (Å²) in [5.74, 6) is 0.0624. The molecule has 2 heterocycles. The van der Waals surface area contributed by atoms with Crippen LogP contribution in [-0.2, 0) is 0 Å². The van der Waals surface area contributed by atoms with Crippen LogP contribution in [0.2, 0.25) is 0 Å². The van der Waals surface area contributed by atoms with Gasteiger partial charge in [0.2, 0.25) is 0 Å². The Kier molecular flexibility index (Phi) is 7.15. The lowest BCUT2D eigenvalue weighted by Crippen LogP contribution is -2.32. The number of fused-ring (bicyclic) bond motifs is 6. The molecule has 0 aromatic heterocycles. The number of carbonyl (C=O) groups excluding carboxylic acids is 2. The van der Waals surface area contributed by atoms with Crippen LogP contribution >= 0.6 is 45.8 Å². The van der Waals surface area contributed by atoms with Crippen LogP contribution in [-0.4, -0.2) is 46.9 Å². The molecule has 5 aromatic rings. The van der Waals surface area contributed by atoms with Gasteiger partial charge < -0.3 is 20.0 Å². The first-order valence-electron chi connectivity index (χ1n) is 13.9. The van der Waals surface area contributed by atoms with E-state index in [1.165, 1.54) is 0 Å². The van der Waals surface area contributed by atoms with Gasteiger partial charge in [-0.1, -0.05) is 48.5 Å². The van der Waals surface area contributed by atoms with Crippen LogP contribution in [0.15, 0.2) is 78.9 Å². The Hall–Kier alpha value is -3.53. The number of nitrogens with zero attached hydrogens (tertiary/aromatic N) is 2. The molecule has 9 heteroatoms. The Morgan fingerprint density at radius 2 is 1.07 bits per heavy atom. The molecule has 0 fully saturated rings. The standard InChI is InChI=1S/C34H25Cl2IN2O4/c35-14-20-16-38(27-12-29(40)23-5-1-3-7-25(23)31(20)27)33(42)18-9-19(11-22(37)10-18)34(43)39-17-21(15-36)32-26-8-4-2-6-24(26)30(41)13-28(32)39/h1-13,20-21,40-41H,14-17H2/t20-,21-/m1/s1. The van der Waals surface area contributed by atoms with Crippen molar-refractivity contribution in [1.29, 1.82) is 0 Å². The molecular weight excluding hydrogens is 698 g/mol. The van der Waals surface area contributed by atoms with Gasteiger partial charge in [-0.2, -0.15) is 0 Å². The molecule has 216 valence electrons. The van der Waals surface area contributed by atoms with Gasteiger partial charge in [-0.15, -0.1) is 23.2 Å². The summed E-state index contributed by atoms with van der Waals surface area (Å²) < 4.78 is 0.733. The fourth-order valence-corrected chi connectivity index (χ4v) is 7.81. The number of anilines is 2. The highest BCUT2D eigenvalue weighted by Crippen LogP contribution is 2.47. The smallest absolute Gasteiger partial charge is 0.258 e. The summed E-state index contributed by atoms with van der Waals surface area (Å²) in [7, 11) is 0. The number of phenolic OH excluding ortho intramolecular Hbond substituents is 2. The predicted octanol–water partition coefficient (Wildman–Crippen LogP) is 7.97. The second kappa shape index (κ2) is 10.9. The average molecular weight is 723 g/mol. The normalized spacial score (nSPS) is 17.5. The Bertz CT molecular complexity index is 1840. The second-order valence-electron chi connectivity index (χ2n) is 11.0. The Morgan fingerprint density at radius 1 is 0.674 bits per heavy atom. The average Bonchev–Trinajstić information content (AvgIpc) is 3.58. The van der Waals surface area contributed by atoms with E-state index in [0.29, 0.717) is 58.1 Å². The van der Waals surface area contributed by atoms with Gasteiger partial charge in [0.1, 0.15) is 11.5 Å². The van der Waals surface area contributed by atoms with Gasteiger partial charge in [0.25, 0.3) is 11.8 Å². The van der Waals surface area contributed by atoms with E-state index in [4.69, 9.17) is 23.2 Å². The molecule has 2 N–H and O–H groups in total. The summed E-state index contributed by atoms with van der Waals surface area (Å²) >= 11 is 14.9. The summed E-state index contributed by atoms with van der Waals surface area (Å²) in [6.45, 7) is 0.728. The lowest BCUT2D eigenvalue weighted by Gasteiger charge is -2.21. The van der Waals surface area contributed by atoms with Gasteiger partial charge in [-0.25, -0.2) is 0 Å². The topological polar surface area (TPSA) is 81.1 Å². The first-order chi connectivity index (χ1) is 20.8. The number of aromatic hydroxyl groups is 2. The van der Waals surface area contributed by atoms with E-state index in [2.05, 4.69) is 22.6 Å². The molecule has 5 aromatic carbocycles. The van der Waals surface area contributed by atoms with Gasteiger partial charge >= 0.3 is 0 Å². The Morgan fingerprint density at radius 3 is 1.47 bits per heavy atom. The zero-order valence-electron chi connectivity index (χ0n) is 22.7. The molecule has 2 aliphatic rings. The maximum atomic E-state index is 14.1. The number of alkyl halides is 2. The second-order valence-corrected chi connectivity index (χ2v) is 12.9. The van der Waals surface area contributed by atoms with Crippen molar-refractivity contribution in [2.75, 3.05) is 34.6 Å². The fourth-order valence-electron chi connectivity index (χ4n) is 6.64. The molecule has 0 unspecified atom stereocenters. The SMILES string of the molecule is O=C(c1cc(I)cc(C(=O)N2C[C@@H](CCl)c3c2cc(O)c2ccccc32)c1)N1C[C@@H](CCl)c2c1cc(O)c1ccccc21. The Balaban J connectivity index is 1.28. The third-order valence-corrected chi connectivity index (χ3v) is 9.91. The first kappa shape index (κ1) is 28.3. The molecule has 0 saturated carbocycles. The number of benzene rings is 5. The van der Waals surface area contributed by atoms with Gasteiger partial charge in [-0.05, 0) is 62.7 Å². The third kappa shape index (κ3) is 4.51. The van der Waals surface area contributed by atoms with Crippen molar-refractivity contribution in [3.63, 3.8) is 0 Å². The molecule has 0 aliphatic carbocycles. The molecule has 0 radical (unpaired) electrons. The van der Waals surface area contributed by atoms with Gasteiger partial charge in [-0.3, -0.25) is 9.59 Å². The molecule has 2 aliphatic heterocycles. The number of phenols is 2. The van der Waals surface area contributed by atoms with Gasteiger partial charge in [0.05, 0.1) is 11.4 Å². The van der Waals surface area contributed by atoms with Crippen molar-refractivity contribution in [2.45, 2.75) is 11.8 Å². The largest absolute Gasteiger partial charge is 0.507 e. The van der Waals surface area contributed by atoms with Crippen LogP contribution in [0.3, 0.4) is 0 Å². The van der Waals surface area contributed by atoms with Crippen LogP contribution in [0.5, 0.6) is 11.5 Å². The summed E-state index contributed by atoms with van der Waals surface area (Å²) in [5, 5.41) is 24.8. The molecule has 43 heavy (non-hydrogen) atoms. The van der Waals surface area contributed by atoms with E-state index in [1.807, 2.05) is 48.5 Å². The van der Waals surface area contributed by atoms with Gasteiger partial charge in [0, 0.05) is 74.3 Å². The molecule has 0 bridgehead atoms. The summed E-state index contributed by atoms with van der Waals surface area (Å²) in [6.07, 6.45) is 0. The molecule has 2 amide bonds. The van der Waals surface area contributed by atoms with E-state index in [0.717, 1.165) is 25.5 Å². The Labute approximate surface area is 271 Å². The zero-order chi connectivity index (χ0) is 30.0. The minimum Gasteiger partial charge on any atom is -0.507 e. The zero-order valence-corrected chi connectivity index (χ0v) is 26.4. The van der Waals surface area contributed by atoms with Gasteiger partial charge in [0.15, 0.2) is 0 Å². The van der Waals surface area contributed by atoms with Crippen molar-refractivity contribution in [3.05, 3.63) is 105 Å². The van der Waals surface area contributed by atoms with Crippen LogP contribution in [0.4, 0.5) is 11.4 Å². The van der Waals surface area contributed by atoms with Crippen molar-refractivity contribution >= 4 is 90.5 Å². The van der Waals surface area contributed by atoms with E-state index in [9.17, 15) is 19.8 Å². The monoisotopic (exact) mass is 722 g/mol. The molecule has 0 saturated heterocycles. The van der Waals surface area contributed by atoms with E-state index in [-0.39, 0.29) is 35.1 Å². The minimum atomic E-state index is -0.278. The number of halogens is 3. The number of hydrogen-bond acceptors (Lipinski definition) is 4. The summed E-state index contributed by atoms with van der Waals surface area (Å²) in [4.78, 5) is 31.4. The highest BCUT2D eigenvalue weighted by atomic mass is 127. The summed E-state index contributed by atoms with van der Waals surface area (Å²) in [6, 6.07) is 23.5. The molecule has 7 rings (SSSR count). The quantitative estimate of drug-likeness (QED) is 0.146. The maximum Gasteiger partial charge on any atom is 0.258 e. The number of carbonyl (C=O) groups is 2. The van der Waals surface area contributed by atoms with E-state index in [1.54, 1.807) is 40.1 Å². The number of hydrogen-bond donors (Lipinski definition) is 2. The van der Waals surface area contributed by atoms with E-state index >= 15 is 0 Å². The molecule has 6 nitrogen and oxygen atoms in total. The molecule has 0 spiro atoms. The number of rotatable bonds is 4. The third-order valence-electron chi connectivity index (χ3n) is 8.54. The predicted molar refractivity (Wildman–Crippen MR) is 181 cm³/mol. The lowest BCUT2D eigenvalue weighted by molar-refractivity contribution is 0.0987. The summed E-state index contributed by atoms with van der Waals surface area (Å²) in [5.41, 5.74) is 3.84. The minimum absolute atomic E-state index is 0.0956.